The predicted molar refractivity (Wildman–Crippen MR) is 71.9 cm³/mol. The predicted octanol–water partition coefficient (Wildman–Crippen LogP) is 2.46. The smallest absolute Gasteiger partial charge is 0.237 e. The van der Waals surface area contributed by atoms with Gasteiger partial charge in [-0.15, -0.1) is 0 Å². The number of hydrogen-bond donors (Lipinski definition) is 2. The zero-order chi connectivity index (χ0) is 13.1. The summed E-state index contributed by atoms with van der Waals surface area (Å²) in [4.78, 5) is 11.9. The Morgan fingerprint density at radius 1 is 1.18 bits per heavy atom. The summed E-state index contributed by atoms with van der Waals surface area (Å²) in [6.45, 7) is 10.2. The van der Waals surface area contributed by atoms with E-state index in [2.05, 4.69) is 17.6 Å². The molecule has 3 heteroatoms. The molecule has 17 heavy (non-hydrogen) atoms. The van der Waals surface area contributed by atoms with Crippen LogP contribution in [0.4, 0.5) is 0 Å². The van der Waals surface area contributed by atoms with E-state index in [0.29, 0.717) is 6.04 Å². The van der Waals surface area contributed by atoms with Crippen LogP contribution in [0.15, 0.2) is 0 Å². The Bertz CT molecular complexity index is 251. The minimum atomic E-state index is -0.149. The quantitative estimate of drug-likeness (QED) is 0.792. The molecule has 0 bridgehead atoms. The molecule has 1 aliphatic rings. The highest BCUT2D eigenvalue weighted by molar-refractivity contribution is 5.81. The van der Waals surface area contributed by atoms with Crippen LogP contribution in [0.1, 0.15) is 60.3 Å². The fraction of sp³-hybridized carbons (Fsp3) is 0.929. The van der Waals surface area contributed by atoms with Crippen LogP contribution < -0.4 is 10.6 Å². The molecule has 0 heterocycles. The molecule has 100 valence electrons. The Labute approximate surface area is 106 Å². The highest BCUT2D eigenvalue weighted by atomic mass is 16.2. The van der Waals surface area contributed by atoms with Crippen LogP contribution >= 0.6 is 0 Å². The molecule has 0 aromatic heterocycles. The third kappa shape index (κ3) is 5.07. The maximum absolute atomic E-state index is 11.9. The van der Waals surface area contributed by atoms with Crippen molar-refractivity contribution in [1.29, 1.82) is 0 Å². The molecule has 1 fully saturated rings. The third-order valence-corrected chi connectivity index (χ3v) is 3.51. The van der Waals surface area contributed by atoms with E-state index >= 15 is 0 Å². The Morgan fingerprint density at radius 3 is 2.18 bits per heavy atom. The fourth-order valence-corrected chi connectivity index (χ4v) is 2.54. The zero-order valence-corrected chi connectivity index (χ0v) is 12.0. The van der Waals surface area contributed by atoms with Gasteiger partial charge in [-0.1, -0.05) is 12.8 Å². The summed E-state index contributed by atoms with van der Waals surface area (Å²) >= 11 is 0. The normalized spacial score (nSPS) is 21.2. The number of carbonyl (C=O) groups is 1. The van der Waals surface area contributed by atoms with E-state index in [1.54, 1.807) is 0 Å². The molecule has 0 aliphatic heterocycles. The highest BCUT2D eigenvalue weighted by Crippen LogP contribution is 2.27. The van der Waals surface area contributed by atoms with E-state index < -0.39 is 0 Å². The van der Waals surface area contributed by atoms with Crippen molar-refractivity contribution in [3.63, 3.8) is 0 Å². The van der Waals surface area contributed by atoms with Crippen LogP contribution in [0.5, 0.6) is 0 Å². The minimum Gasteiger partial charge on any atom is -0.350 e. The largest absolute Gasteiger partial charge is 0.350 e. The number of amides is 1. The van der Waals surface area contributed by atoms with E-state index in [1.165, 1.54) is 25.7 Å². The molecule has 0 spiro atoms. The molecular weight excluding hydrogens is 212 g/mol. The summed E-state index contributed by atoms with van der Waals surface area (Å²) in [5, 5.41) is 6.45. The van der Waals surface area contributed by atoms with Crippen LogP contribution in [-0.4, -0.2) is 23.5 Å². The molecule has 1 saturated carbocycles. The Hall–Kier alpha value is -0.570. The van der Waals surface area contributed by atoms with Crippen LogP contribution in [0.25, 0.3) is 0 Å². The van der Waals surface area contributed by atoms with Crippen LogP contribution in [0.3, 0.4) is 0 Å². The SMILES string of the molecule is CC(NC(C)C1CCCC1)C(=O)NC(C)(C)C. The fourth-order valence-electron chi connectivity index (χ4n) is 2.54. The summed E-state index contributed by atoms with van der Waals surface area (Å²) < 4.78 is 0. The summed E-state index contributed by atoms with van der Waals surface area (Å²) in [6, 6.07) is 0.336. The second-order valence-corrected chi connectivity index (χ2v) is 6.46. The second kappa shape index (κ2) is 5.85. The maximum atomic E-state index is 11.9. The lowest BCUT2D eigenvalue weighted by molar-refractivity contribution is -0.124. The van der Waals surface area contributed by atoms with Crippen molar-refractivity contribution in [3.8, 4) is 0 Å². The first kappa shape index (κ1) is 14.5. The summed E-state index contributed by atoms with van der Waals surface area (Å²) in [7, 11) is 0. The first-order valence-electron chi connectivity index (χ1n) is 6.87. The van der Waals surface area contributed by atoms with Crippen molar-refractivity contribution < 1.29 is 4.79 Å². The lowest BCUT2D eigenvalue weighted by Crippen LogP contribution is -2.52. The van der Waals surface area contributed by atoms with Gasteiger partial charge in [0.1, 0.15) is 0 Å². The van der Waals surface area contributed by atoms with Gasteiger partial charge in [0, 0.05) is 11.6 Å². The van der Waals surface area contributed by atoms with Crippen molar-refractivity contribution >= 4 is 5.91 Å². The maximum Gasteiger partial charge on any atom is 0.237 e. The topological polar surface area (TPSA) is 41.1 Å². The average Bonchev–Trinajstić information content (AvgIpc) is 2.67. The van der Waals surface area contributed by atoms with Crippen molar-refractivity contribution in [2.24, 2.45) is 5.92 Å². The Morgan fingerprint density at radius 2 is 1.71 bits per heavy atom. The molecule has 3 nitrogen and oxygen atoms in total. The second-order valence-electron chi connectivity index (χ2n) is 6.46. The molecule has 0 aromatic carbocycles. The van der Waals surface area contributed by atoms with Crippen molar-refractivity contribution in [2.45, 2.75) is 77.9 Å². The number of hydrogen-bond acceptors (Lipinski definition) is 2. The Kier molecular flexibility index (Phi) is 4.99. The van der Waals surface area contributed by atoms with Gasteiger partial charge in [-0.3, -0.25) is 4.79 Å². The summed E-state index contributed by atoms with van der Waals surface area (Å²) in [6.07, 6.45) is 5.31. The zero-order valence-electron chi connectivity index (χ0n) is 12.0. The van der Waals surface area contributed by atoms with Gasteiger partial charge in [-0.05, 0) is 53.4 Å². The van der Waals surface area contributed by atoms with E-state index in [1.807, 2.05) is 27.7 Å². The molecular formula is C14H28N2O. The highest BCUT2D eigenvalue weighted by Gasteiger charge is 2.25. The van der Waals surface area contributed by atoms with Gasteiger partial charge in [0.15, 0.2) is 0 Å². The van der Waals surface area contributed by atoms with Crippen LogP contribution in [0, 0.1) is 5.92 Å². The summed E-state index contributed by atoms with van der Waals surface area (Å²) in [5.74, 6) is 0.849. The van der Waals surface area contributed by atoms with Crippen LogP contribution in [0.2, 0.25) is 0 Å². The van der Waals surface area contributed by atoms with E-state index in [9.17, 15) is 4.79 Å². The molecule has 2 atom stereocenters. The molecule has 1 rings (SSSR count). The molecule has 2 unspecified atom stereocenters. The van der Waals surface area contributed by atoms with Crippen LogP contribution in [-0.2, 0) is 4.79 Å². The molecule has 0 saturated heterocycles. The van der Waals surface area contributed by atoms with Crippen molar-refractivity contribution in [1.82, 2.24) is 10.6 Å². The number of nitrogens with one attached hydrogen (secondary N) is 2. The van der Waals surface area contributed by atoms with E-state index in [4.69, 9.17) is 0 Å². The lowest BCUT2D eigenvalue weighted by Gasteiger charge is -2.27. The molecule has 1 amide bonds. The first-order chi connectivity index (χ1) is 7.79. The number of carbonyl (C=O) groups excluding carboxylic acids is 1. The van der Waals surface area contributed by atoms with Crippen molar-refractivity contribution in [2.75, 3.05) is 0 Å². The van der Waals surface area contributed by atoms with Gasteiger partial charge in [0.05, 0.1) is 6.04 Å². The van der Waals surface area contributed by atoms with Gasteiger partial charge in [-0.25, -0.2) is 0 Å². The molecule has 0 radical (unpaired) electrons. The monoisotopic (exact) mass is 240 g/mol. The van der Waals surface area contributed by atoms with Gasteiger partial charge in [0.2, 0.25) is 5.91 Å². The minimum absolute atomic E-state index is 0.0994. The van der Waals surface area contributed by atoms with Gasteiger partial charge in [0.25, 0.3) is 0 Å². The lowest BCUT2D eigenvalue weighted by atomic mass is 9.99. The third-order valence-electron chi connectivity index (χ3n) is 3.51. The molecule has 0 aromatic rings. The average molecular weight is 240 g/mol. The van der Waals surface area contributed by atoms with E-state index in [0.717, 1.165) is 5.92 Å². The van der Waals surface area contributed by atoms with Gasteiger partial charge >= 0.3 is 0 Å². The van der Waals surface area contributed by atoms with Gasteiger partial charge < -0.3 is 10.6 Å². The molecule has 2 N–H and O–H groups in total. The number of rotatable bonds is 4. The molecule has 1 aliphatic carbocycles. The van der Waals surface area contributed by atoms with Crippen molar-refractivity contribution in [3.05, 3.63) is 0 Å². The summed E-state index contributed by atoms with van der Waals surface area (Å²) in [5.41, 5.74) is -0.149. The van der Waals surface area contributed by atoms with Gasteiger partial charge in [-0.2, -0.15) is 0 Å². The standard InChI is InChI=1S/C14H28N2O/c1-10(12-8-6-7-9-12)15-11(2)13(17)16-14(3,4)5/h10-12,15H,6-9H2,1-5H3,(H,16,17). The van der Waals surface area contributed by atoms with E-state index in [-0.39, 0.29) is 17.5 Å². The first-order valence-corrected chi connectivity index (χ1v) is 6.87. The Balaban J connectivity index is 2.37.